The third-order valence-electron chi connectivity index (χ3n) is 5.65. The third-order valence-corrected chi connectivity index (χ3v) is 5.65. The van der Waals surface area contributed by atoms with E-state index in [0.717, 1.165) is 29.7 Å². The van der Waals surface area contributed by atoms with Crippen molar-refractivity contribution in [1.82, 2.24) is 20.5 Å². The third kappa shape index (κ3) is 4.40. The number of nitrogens with zero attached hydrogens (tertiary/aromatic N) is 2. The molecular formula is C23H26N4O3. The number of hydrogen-bond acceptors (Lipinski definition) is 5. The van der Waals surface area contributed by atoms with Crippen LogP contribution in [0.2, 0.25) is 0 Å². The highest BCUT2D eigenvalue weighted by Gasteiger charge is 2.30. The first-order chi connectivity index (χ1) is 14.5. The molecule has 3 rings (SSSR count). The Hall–Kier alpha value is -3.48. The van der Waals surface area contributed by atoms with Gasteiger partial charge in [-0.3, -0.25) is 14.6 Å². The van der Waals surface area contributed by atoms with Crippen molar-refractivity contribution in [3.8, 4) is 17.0 Å². The van der Waals surface area contributed by atoms with Crippen molar-refractivity contribution >= 4 is 5.91 Å². The summed E-state index contributed by atoms with van der Waals surface area (Å²) in [6, 6.07) is 12.9. The van der Waals surface area contributed by atoms with E-state index < -0.39 is 11.5 Å². The second kappa shape index (κ2) is 9.35. The van der Waals surface area contributed by atoms with E-state index in [4.69, 9.17) is 4.74 Å². The zero-order valence-corrected chi connectivity index (χ0v) is 17.4. The molecule has 3 aromatic rings. The number of H-pyrrole nitrogens is 1. The van der Waals surface area contributed by atoms with Gasteiger partial charge in [-0.2, -0.15) is 5.10 Å². The van der Waals surface area contributed by atoms with E-state index in [0.29, 0.717) is 12.2 Å². The van der Waals surface area contributed by atoms with Crippen LogP contribution in [-0.2, 0) is 5.41 Å². The quantitative estimate of drug-likeness (QED) is 0.598. The fourth-order valence-corrected chi connectivity index (χ4v) is 3.55. The molecule has 1 aromatic carbocycles. The summed E-state index contributed by atoms with van der Waals surface area (Å²) < 4.78 is 5.36. The first kappa shape index (κ1) is 21.2. The van der Waals surface area contributed by atoms with Gasteiger partial charge in [-0.1, -0.05) is 26.0 Å². The van der Waals surface area contributed by atoms with Gasteiger partial charge < -0.3 is 10.1 Å². The van der Waals surface area contributed by atoms with Gasteiger partial charge in [-0.15, -0.1) is 0 Å². The van der Waals surface area contributed by atoms with Crippen molar-refractivity contribution in [3.63, 3.8) is 0 Å². The number of aromatic amines is 1. The largest absolute Gasteiger partial charge is 0.497 e. The average Bonchev–Trinajstić information content (AvgIpc) is 2.81. The Balaban J connectivity index is 1.85. The highest BCUT2D eigenvalue weighted by Crippen LogP contribution is 2.33. The molecule has 0 saturated heterocycles. The number of pyridine rings is 1. The van der Waals surface area contributed by atoms with Crippen LogP contribution >= 0.6 is 0 Å². The molecule has 2 aromatic heterocycles. The van der Waals surface area contributed by atoms with Crippen LogP contribution in [0.25, 0.3) is 11.3 Å². The summed E-state index contributed by atoms with van der Waals surface area (Å²) in [5, 5.41) is 9.41. The number of benzene rings is 1. The maximum absolute atomic E-state index is 12.9. The number of rotatable bonds is 8. The monoisotopic (exact) mass is 406 g/mol. The molecule has 0 saturated carbocycles. The molecule has 156 valence electrons. The van der Waals surface area contributed by atoms with Crippen molar-refractivity contribution < 1.29 is 9.53 Å². The summed E-state index contributed by atoms with van der Waals surface area (Å²) in [7, 11) is 1.64. The van der Waals surface area contributed by atoms with Crippen LogP contribution in [0.3, 0.4) is 0 Å². The van der Waals surface area contributed by atoms with Gasteiger partial charge in [0.05, 0.1) is 12.8 Å². The van der Waals surface area contributed by atoms with Gasteiger partial charge in [-0.25, -0.2) is 5.10 Å². The Morgan fingerprint density at radius 2 is 1.87 bits per heavy atom. The Kier molecular flexibility index (Phi) is 6.61. The zero-order valence-electron chi connectivity index (χ0n) is 17.4. The van der Waals surface area contributed by atoms with Crippen LogP contribution in [0.1, 0.15) is 42.6 Å². The van der Waals surface area contributed by atoms with Gasteiger partial charge in [0.15, 0.2) is 0 Å². The molecule has 0 bridgehead atoms. The van der Waals surface area contributed by atoms with Crippen molar-refractivity contribution in [1.29, 1.82) is 0 Å². The van der Waals surface area contributed by atoms with Crippen LogP contribution in [-0.4, -0.2) is 34.7 Å². The molecular weight excluding hydrogens is 380 g/mol. The molecule has 1 amide bonds. The standard InChI is InChI=1S/C23H26N4O3/c1-4-23(5-2,17-7-6-8-18(13-17)30-3)15-25-21(28)19-14-20(26-27-22(19)29)16-9-11-24-12-10-16/h6-14H,4-5,15H2,1-3H3,(H,25,28)(H,27,29). The van der Waals surface area contributed by atoms with Crippen LogP contribution in [0.4, 0.5) is 0 Å². The summed E-state index contributed by atoms with van der Waals surface area (Å²) in [6.07, 6.45) is 4.91. The smallest absolute Gasteiger partial charge is 0.277 e. The first-order valence-corrected chi connectivity index (χ1v) is 9.96. The van der Waals surface area contributed by atoms with E-state index in [1.165, 1.54) is 6.07 Å². The number of carbonyl (C=O) groups excluding carboxylic acids is 1. The molecule has 0 spiro atoms. The maximum atomic E-state index is 12.9. The molecule has 0 atom stereocenters. The highest BCUT2D eigenvalue weighted by molar-refractivity contribution is 5.94. The number of amides is 1. The molecule has 0 unspecified atom stereocenters. The average molecular weight is 406 g/mol. The van der Waals surface area contributed by atoms with Gasteiger partial charge in [-0.05, 0) is 48.7 Å². The van der Waals surface area contributed by atoms with Crippen LogP contribution in [0.5, 0.6) is 5.75 Å². The fourth-order valence-electron chi connectivity index (χ4n) is 3.55. The molecule has 0 radical (unpaired) electrons. The normalized spacial score (nSPS) is 11.2. The van der Waals surface area contributed by atoms with E-state index >= 15 is 0 Å². The second-order valence-corrected chi connectivity index (χ2v) is 7.13. The minimum atomic E-state index is -0.523. The van der Waals surface area contributed by atoms with Gasteiger partial charge in [0.2, 0.25) is 0 Å². The lowest BCUT2D eigenvalue weighted by molar-refractivity contribution is 0.0939. The Labute approximate surface area is 175 Å². The number of carbonyl (C=O) groups is 1. The second-order valence-electron chi connectivity index (χ2n) is 7.13. The van der Waals surface area contributed by atoms with Crippen molar-refractivity contribution in [2.24, 2.45) is 0 Å². The Morgan fingerprint density at radius 3 is 2.53 bits per heavy atom. The lowest BCUT2D eigenvalue weighted by Crippen LogP contribution is -2.41. The van der Waals surface area contributed by atoms with Crippen LogP contribution < -0.4 is 15.6 Å². The first-order valence-electron chi connectivity index (χ1n) is 9.96. The van der Waals surface area contributed by atoms with Crippen LogP contribution in [0.15, 0.2) is 59.7 Å². The van der Waals surface area contributed by atoms with Crippen molar-refractivity contribution in [2.45, 2.75) is 32.1 Å². The van der Waals surface area contributed by atoms with E-state index in [2.05, 4.69) is 34.3 Å². The molecule has 0 aliphatic carbocycles. The number of aromatic nitrogens is 3. The molecule has 0 fully saturated rings. The summed E-state index contributed by atoms with van der Waals surface area (Å²) in [5.41, 5.74) is 1.61. The van der Waals surface area contributed by atoms with Gasteiger partial charge in [0, 0.05) is 29.9 Å². The molecule has 0 aliphatic rings. The Bertz CT molecular complexity index is 1060. The molecule has 7 heteroatoms. The van der Waals surface area contributed by atoms with Crippen molar-refractivity contribution in [3.05, 3.63) is 76.3 Å². The molecule has 0 aliphatic heterocycles. The molecule has 30 heavy (non-hydrogen) atoms. The lowest BCUT2D eigenvalue weighted by Gasteiger charge is -2.33. The Morgan fingerprint density at radius 1 is 1.13 bits per heavy atom. The van der Waals surface area contributed by atoms with Crippen LogP contribution in [0, 0.1) is 0 Å². The summed E-state index contributed by atoms with van der Waals surface area (Å²) in [4.78, 5) is 29.1. The molecule has 7 nitrogen and oxygen atoms in total. The molecule has 2 heterocycles. The number of ether oxygens (including phenoxy) is 1. The van der Waals surface area contributed by atoms with Gasteiger partial charge in [0.1, 0.15) is 11.3 Å². The zero-order chi connectivity index (χ0) is 21.6. The summed E-state index contributed by atoms with van der Waals surface area (Å²) in [5.74, 6) is 0.348. The fraction of sp³-hybridized carbons (Fsp3) is 0.304. The number of nitrogens with one attached hydrogen (secondary N) is 2. The predicted molar refractivity (Wildman–Crippen MR) is 116 cm³/mol. The predicted octanol–water partition coefficient (Wildman–Crippen LogP) is 3.33. The SMILES string of the molecule is CCC(CC)(CNC(=O)c1cc(-c2ccncc2)n[nH]c1=O)c1cccc(OC)c1. The summed E-state index contributed by atoms with van der Waals surface area (Å²) in [6.45, 7) is 4.59. The lowest BCUT2D eigenvalue weighted by atomic mass is 9.75. The van der Waals surface area contributed by atoms with E-state index in [9.17, 15) is 9.59 Å². The van der Waals surface area contributed by atoms with Gasteiger partial charge >= 0.3 is 0 Å². The minimum absolute atomic E-state index is 0.0311. The van der Waals surface area contributed by atoms with Gasteiger partial charge in [0.25, 0.3) is 11.5 Å². The number of methoxy groups -OCH3 is 1. The highest BCUT2D eigenvalue weighted by atomic mass is 16.5. The van der Waals surface area contributed by atoms with E-state index in [1.807, 2.05) is 24.3 Å². The van der Waals surface area contributed by atoms with E-state index in [1.54, 1.807) is 31.6 Å². The van der Waals surface area contributed by atoms with E-state index in [-0.39, 0.29) is 11.0 Å². The van der Waals surface area contributed by atoms with Crippen molar-refractivity contribution in [2.75, 3.05) is 13.7 Å². The summed E-state index contributed by atoms with van der Waals surface area (Å²) >= 11 is 0. The minimum Gasteiger partial charge on any atom is -0.497 e. The number of hydrogen-bond donors (Lipinski definition) is 2. The molecule has 2 N–H and O–H groups in total. The maximum Gasteiger partial charge on any atom is 0.277 e. The topological polar surface area (TPSA) is 97.0 Å².